The van der Waals surface area contributed by atoms with Crippen LogP contribution in [0.1, 0.15) is 45.7 Å². The minimum absolute atomic E-state index is 0.0190. The van der Waals surface area contributed by atoms with Gasteiger partial charge < -0.3 is 15.0 Å². The summed E-state index contributed by atoms with van der Waals surface area (Å²) in [6.07, 6.45) is 2.91. The summed E-state index contributed by atoms with van der Waals surface area (Å²) in [6, 6.07) is 4.29. The van der Waals surface area contributed by atoms with Gasteiger partial charge in [0.15, 0.2) is 0 Å². The number of aromatic nitrogens is 1. The van der Waals surface area contributed by atoms with Crippen molar-refractivity contribution >= 4 is 0 Å². The van der Waals surface area contributed by atoms with Crippen LogP contribution in [0.15, 0.2) is 18.3 Å². The van der Waals surface area contributed by atoms with Gasteiger partial charge in [0.1, 0.15) is 6.61 Å². The molecule has 1 aromatic rings. The Balaban J connectivity index is 2.75. The first-order chi connectivity index (χ1) is 9.38. The van der Waals surface area contributed by atoms with E-state index in [1.54, 1.807) is 6.20 Å². The Morgan fingerprint density at radius 2 is 2.10 bits per heavy atom. The summed E-state index contributed by atoms with van der Waals surface area (Å²) in [6.45, 7) is 10.3. The van der Waals surface area contributed by atoms with E-state index < -0.39 is 0 Å². The van der Waals surface area contributed by atoms with Crippen LogP contribution in [0.2, 0.25) is 0 Å². The molecule has 4 heteroatoms. The van der Waals surface area contributed by atoms with E-state index in [0.29, 0.717) is 6.61 Å². The molecule has 0 bridgehead atoms. The summed E-state index contributed by atoms with van der Waals surface area (Å²) >= 11 is 0. The van der Waals surface area contributed by atoms with Gasteiger partial charge in [0, 0.05) is 23.3 Å². The highest BCUT2D eigenvalue weighted by Crippen LogP contribution is 2.23. The highest BCUT2D eigenvalue weighted by atomic mass is 16.5. The van der Waals surface area contributed by atoms with Gasteiger partial charge >= 0.3 is 0 Å². The second-order valence-electron chi connectivity index (χ2n) is 6.07. The van der Waals surface area contributed by atoms with Crippen molar-refractivity contribution in [3.8, 4) is 5.88 Å². The standard InChI is InChI=1S/C16H29N3O/c1-7-10-17-13(2)14-9-8-11-18-15(14)20-12-16(3,4)19(5)6/h8-9,11,13,17H,7,10,12H2,1-6H3. The minimum Gasteiger partial charge on any atom is -0.475 e. The van der Waals surface area contributed by atoms with Crippen molar-refractivity contribution in [2.45, 2.75) is 45.7 Å². The Labute approximate surface area is 123 Å². The second-order valence-corrected chi connectivity index (χ2v) is 6.07. The summed E-state index contributed by atoms with van der Waals surface area (Å²) in [5.74, 6) is 0.735. The molecule has 1 heterocycles. The summed E-state index contributed by atoms with van der Waals surface area (Å²) in [4.78, 5) is 6.55. The quantitative estimate of drug-likeness (QED) is 0.794. The molecule has 0 saturated heterocycles. The first kappa shape index (κ1) is 16.9. The number of likely N-dealkylation sites (N-methyl/N-ethyl adjacent to an activating group) is 1. The van der Waals surface area contributed by atoms with Crippen LogP contribution in [-0.2, 0) is 0 Å². The lowest BCUT2D eigenvalue weighted by molar-refractivity contribution is 0.110. The molecule has 0 amide bonds. The molecule has 0 saturated carbocycles. The van der Waals surface area contributed by atoms with Gasteiger partial charge in [-0.25, -0.2) is 4.98 Å². The van der Waals surface area contributed by atoms with Crippen LogP contribution >= 0.6 is 0 Å². The second kappa shape index (κ2) is 7.60. The predicted octanol–water partition coefficient (Wildman–Crippen LogP) is 2.86. The van der Waals surface area contributed by atoms with Gasteiger partial charge in [0.25, 0.3) is 0 Å². The molecular weight excluding hydrogens is 250 g/mol. The largest absolute Gasteiger partial charge is 0.475 e. The van der Waals surface area contributed by atoms with Crippen LogP contribution in [0.5, 0.6) is 5.88 Å². The van der Waals surface area contributed by atoms with Gasteiger partial charge in [-0.2, -0.15) is 0 Å². The molecule has 4 nitrogen and oxygen atoms in total. The molecule has 0 aliphatic heterocycles. The fourth-order valence-electron chi connectivity index (χ4n) is 1.70. The van der Waals surface area contributed by atoms with E-state index in [4.69, 9.17) is 4.74 Å². The van der Waals surface area contributed by atoms with Gasteiger partial charge in [-0.1, -0.05) is 13.0 Å². The van der Waals surface area contributed by atoms with Crippen molar-refractivity contribution in [1.29, 1.82) is 0 Å². The number of hydrogen-bond donors (Lipinski definition) is 1. The summed E-state index contributed by atoms with van der Waals surface area (Å²) in [7, 11) is 4.13. The normalized spacial score (nSPS) is 13.6. The van der Waals surface area contributed by atoms with Gasteiger partial charge in [-0.15, -0.1) is 0 Å². The van der Waals surface area contributed by atoms with Crippen LogP contribution in [-0.4, -0.2) is 42.7 Å². The topological polar surface area (TPSA) is 37.4 Å². The van der Waals surface area contributed by atoms with Crippen LogP contribution in [0.4, 0.5) is 0 Å². The molecule has 1 atom stereocenters. The Kier molecular flexibility index (Phi) is 6.43. The summed E-state index contributed by atoms with van der Waals surface area (Å²) in [5, 5.41) is 3.48. The van der Waals surface area contributed by atoms with Gasteiger partial charge in [0.2, 0.25) is 5.88 Å². The van der Waals surface area contributed by atoms with E-state index in [9.17, 15) is 0 Å². The fraction of sp³-hybridized carbons (Fsp3) is 0.688. The number of ether oxygens (including phenoxy) is 1. The van der Waals surface area contributed by atoms with E-state index in [0.717, 1.165) is 24.4 Å². The number of nitrogens with one attached hydrogen (secondary N) is 1. The molecule has 0 aliphatic carbocycles. The zero-order valence-electron chi connectivity index (χ0n) is 13.7. The number of nitrogens with zero attached hydrogens (tertiary/aromatic N) is 2. The van der Waals surface area contributed by atoms with Crippen molar-refractivity contribution in [1.82, 2.24) is 15.2 Å². The average Bonchev–Trinajstić information content (AvgIpc) is 2.42. The molecule has 0 aromatic carbocycles. The maximum absolute atomic E-state index is 5.97. The molecule has 1 rings (SSSR count). The third-order valence-corrected chi connectivity index (χ3v) is 3.74. The van der Waals surface area contributed by atoms with E-state index in [1.807, 2.05) is 6.07 Å². The van der Waals surface area contributed by atoms with E-state index in [2.05, 4.69) is 63.1 Å². The van der Waals surface area contributed by atoms with Gasteiger partial charge in [-0.3, -0.25) is 0 Å². The van der Waals surface area contributed by atoms with Crippen LogP contribution in [0.3, 0.4) is 0 Å². The van der Waals surface area contributed by atoms with Crippen molar-refractivity contribution in [2.24, 2.45) is 0 Å². The molecule has 1 aromatic heterocycles. The molecule has 20 heavy (non-hydrogen) atoms. The monoisotopic (exact) mass is 279 g/mol. The highest BCUT2D eigenvalue weighted by Gasteiger charge is 2.22. The van der Waals surface area contributed by atoms with Crippen molar-refractivity contribution in [3.63, 3.8) is 0 Å². The zero-order chi connectivity index (χ0) is 15.2. The maximum Gasteiger partial charge on any atom is 0.218 e. The van der Waals surface area contributed by atoms with Crippen molar-refractivity contribution < 1.29 is 4.74 Å². The van der Waals surface area contributed by atoms with Crippen LogP contribution < -0.4 is 10.1 Å². The Morgan fingerprint density at radius 3 is 2.70 bits per heavy atom. The zero-order valence-corrected chi connectivity index (χ0v) is 13.7. The third-order valence-electron chi connectivity index (χ3n) is 3.74. The summed E-state index contributed by atoms with van der Waals surface area (Å²) < 4.78 is 5.97. The van der Waals surface area contributed by atoms with Gasteiger partial charge in [0.05, 0.1) is 0 Å². The van der Waals surface area contributed by atoms with Crippen molar-refractivity contribution in [3.05, 3.63) is 23.9 Å². The van der Waals surface area contributed by atoms with Crippen molar-refractivity contribution in [2.75, 3.05) is 27.2 Å². The number of pyridine rings is 1. The lowest BCUT2D eigenvalue weighted by Crippen LogP contribution is -2.43. The van der Waals surface area contributed by atoms with E-state index in [1.165, 1.54) is 0 Å². The molecule has 0 spiro atoms. The van der Waals surface area contributed by atoms with E-state index in [-0.39, 0.29) is 11.6 Å². The third kappa shape index (κ3) is 4.76. The molecule has 0 aliphatic rings. The molecule has 1 unspecified atom stereocenters. The number of rotatable bonds is 8. The molecule has 1 N–H and O–H groups in total. The molecule has 114 valence electrons. The first-order valence-electron chi connectivity index (χ1n) is 7.37. The smallest absolute Gasteiger partial charge is 0.218 e. The predicted molar refractivity (Wildman–Crippen MR) is 84.2 cm³/mol. The van der Waals surface area contributed by atoms with Crippen LogP contribution in [0.25, 0.3) is 0 Å². The Bertz CT molecular complexity index is 404. The number of hydrogen-bond acceptors (Lipinski definition) is 4. The SMILES string of the molecule is CCCNC(C)c1cccnc1OCC(C)(C)N(C)C. The Hall–Kier alpha value is -1.13. The summed E-state index contributed by atoms with van der Waals surface area (Å²) in [5.41, 5.74) is 1.10. The molecule has 0 radical (unpaired) electrons. The Morgan fingerprint density at radius 1 is 1.40 bits per heavy atom. The fourth-order valence-corrected chi connectivity index (χ4v) is 1.70. The van der Waals surface area contributed by atoms with Crippen LogP contribution in [0, 0.1) is 0 Å². The average molecular weight is 279 g/mol. The molecular formula is C16H29N3O. The minimum atomic E-state index is -0.0190. The van der Waals surface area contributed by atoms with Gasteiger partial charge in [-0.05, 0) is 53.9 Å². The lowest BCUT2D eigenvalue weighted by atomic mass is 10.1. The van der Waals surface area contributed by atoms with E-state index >= 15 is 0 Å². The highest BCUT2D eigenvalue weighted by molar-refractivity contribution is 5.28. The lowest BCUT2D eigenvalue weighted by Gasteiger charge is -2.32. The first-order valence-corrected chi connectivity index (χ1v) is 7.37. The molecule has 0 fully saturated rings. The maximum atomic E-state index is 5.97.